The Morgan fingerprint density at radius 2 is 1.30 bits per heavy atom. The average molecular weight is 184 g/mol. The first kappa shape index (κ1) is 10.5. The summed E-state index contributed by atoms with van der Waals surface area (Å²) in [6.07, 6.45) is 5.65. The van der Waals surface area contributed by atoms with E-state index in [0.29, 0.717) is 0 Å². The van der Waals surface area contributed by atoms with E-state index in [2.05, 4.69) is 5.32 Å². The first-order chi connectivity index (χ1) is 4.91. The number of nitrogens with one attached hydrogen (secondary N) is 1. The number of rotatable bonds is 0. The van der Waals surface area contributed by atoms with E-state index in [9.17, 15) is 0 Å². The van der Waals surface area contributed by atoms with Crippen LogP contribution in [-0.4, -0.2) is 18.4 Å². The lowest BCUT2D eigenvalue weighted by molar-refractivity contribution is 0.702. The Morgan fingerprint density at radius 1 is 0.900 bits per heavy atom. The van der Waals surface area contributed by atoms with Gasteiger partial charge in [0.25, 0.3) is 0 Å². The molecule has 0 bridgehead atoms. The van der Waals surface area contributed by atoms with Crippen LogP contribution in [0.25, 0.3) is 0 Å². The van der Waals surface area contributed by atoms with Gasteiger partial charge in [0.2, 0.25) is 0 Å². The summed E-state index contributed by atoms with van der Waals surface area (Å²) < 4.78 is 0. The first-order valence-corrected chi connectivity index (χ1v) is 4.81. The van der Waals surface area contributed by atoms with Gasteiger partial charge in [0.15, 0.2) is 0 Å². The van der Waals surface area contributed by atoms with E-state index >= 15 is 0 Å². The highest BCUT2D eigenvalue weighted by molar-refractivity contribution is 6.40. The molecule has 62 valence electrons. The van der Waals surface area contributed by atoms with E-state index in [1.807, 2.05) is 0 Å². The van der Waals surface area contributed by atoms with Crippen molar-refractivity contribution in [3.05, 3.63) is 0 Å². The zero-order valence-electron chi connectivity index (χ0n) is 6.21. The summed E-state index contributed by atoms with van der Waals surface area (Å²) in [5.41, 5.74) is 0. The van der Waals surface area contributed by atoms with Crippen LogP contribution in [0.5, 0.6) is 0 Å². The molecule has 1 fully saturated rings. The first-order valence-electron chi connectivity index (χ1n) is 3.74. The Hall–Kier alpha value is 0.540. The normalized spacial score (nSPS) is 18.6. The van der Waals surface area contributed by atoms with Gasteiger partial charge in [0, 0.05) is 0 Å². The van der Waals surface area contributed by atoms with Crippen LogP contribution in [0.1, 0.15) is 25.7 Å². The summed E-state index contributed by atoms with van der Waals surface area (Å²) in [6, 6.07) is 0. The summed E-state index contributed by atoms with van der Waals surface area (Å²) in [6.45, 7) is 2.50. The summed E-state index contributed by atoms with van der Waals surface area (Å²) >= 11 is 9.53. The maximum absolute atomic E-state index is 4.76. The molecular weight excluding hydrogens is 169 g/mol. The fraction of sp³-hybridized carbons (Fsp3) is 1.00. The van der Waals surface area contributed by atoms with Crippen LogP contribution in [0.2, 0.25) is 0 Å². The molecule has 10 heavy (non-hydrogen) atoms. The molecule has 1 heterocycles. The van der Waals surface area contributed by atoms with Crippen molar-refractivity contribution in [3.63, 3.8) is 0 Å². The summed E-state index contributed by atoms with van der Waals surface area (Å²) in [5.74, 6) is 0. The fourth-order valence-electron chi connectivity index (χ4n) is 0.979. The van der Waals surface area contributed by atoms with E-state index in [1.165, 1.54) is 38.8 Å². The van der Waals surface area contributed by atoms with Crippen molar-refractivity contribution >= 4 is 23.2 Å². The molecule has 0 unspecified atom stereocenters. The Morgan fingerprint density at radius 3 is 1.70 bits per heavy atom. The Bertz CT molecular complexity index is 39.9. The zero-order valence-corrected chi connectivity index (χ0v) is 7.72. The Balaban J connectivity index is 0.000000236. The number of alkyl halides is 2. The highest BCUT2D eigenvalue weighted by atomic mass is 35.5. The van der Waals surface area contributed by atoms with Crippen LogP contribution in [0.3, 0.4) is 0 Å². The minimum absolute atomic E-state index is 0.194. The highest BCUT2D eigenvalue weighted by Crippen LogP contribution is 2.00. The smallest absolute Gasteiger partial charge is 0.0967 e. The van der Waals surface area contributed by atoms with Gasteiger partial charge < -0.3 is 5.32 Å². The number of halogens is 2. The molecule has 1 aliphatic heterocycles. The monoisotopic (exact) mass is 183 g/mol. The molecule has 0 radical (unpaired) electrons. The molecule has 0 aromatic rings. The molecule has 0 amide bonds. The molecular formula is C7H15Cl2N. The maximum Gasteiger partial charge on any atom is 0.0967 e. The van der Waals surface area contributed by atoms with Gasteiger partial charge in [-0.2, -0.15) is 0 Å². The third-order valence-electron chi connectivity index (χ3n) is 1.46. The molecule has 1 N–H and O–H groups in total. The van der Waals surface area contributed by atoms with E-state index < -0.39 is 0 Å². The Kier molecular flexibility index (Phi) is 10.1. The molecule has 1 nitrogen and oxygen atoms in total. The Labute approximate surface area is 73.1 Å². The SMILES string of the molecule is C1CCCNCC1.ClCCl. The second kappa shape index (κ2) is 9.54. The van der Waals surface area contributed by atoms with Crippen LogP contribution in [-0.2, 0) is 0 Å². The maximum atomic E-state index is 4.76. The van der Waals surface area contributed by atoms with E-state index in [1.54, 1.807) is 0 Å². The third kappa shape index (κ3) is 8.54. The molecule has 1 aliphatic rings. The van der Waals surface area contributed by atoms with Crippen molar-refractivity contribution in [2.75, 3.05) is 18.4 Å². The van der Waals surface area contributed by atoms with E-state index in [4.69, 9.17) is 23.2 Å². The lowest BCUT2D eigenvalue weighted by atomic mass is 10.2. The van der Waals surface area contributed by atoms with Gasteiger partial charge in [-0.3, -0.25) is 0 Å². The van der Waals surface area contributed by atoms with Crippen LogP contribution >= 0.6 is 23.2 Å². The van der Waals surface area contributed by atoms with Gasteiger partial charge in [-0.25, -0.2) is 0 Å². The van der Waals surface area contributed by atoms with Gasteiger partial charge >= 0.3 is 0 Å². The van der Waals surface area contributed by atoms with Crippen molar-refractivity contribution in [2.45, 2.75) is 25.7 Å². The number of hydrogen-bond donors (Lipinski definition) is 1. The van der Waals surface area contributed by atoms with Crippen molar-refractivity contribution in [3.8, 4) is 0 Å². The quantitative estimate of drug-likeness (QED) is 0.570. The average Bonchev–Trinajstić information content (AvgIpc) is 2.17. The molecule has 0 saturated carbocycles. The molecule has 0 atom stereocenters. The topological polar surface area (TPSA) is 12.0 Å². The molecule has 0 spiro atoms. The lowest BCUT2D eigenvalue weighted by Gasteiger charge is -1.91. The van der Waals surface area contributed by atoms with Gasteiger partial charge in [-0.15, -0.1) is 23.2 Å². The summed E-state index contributed by atoms with van der Waals surface area (Å²) in [4.78, 5) is 0. The van der Waals surface area contributed by atoms with Crippen molar-refractivity contribution < 1.29 is 0 Å². The van der Waals surface area contributed by atoms with Crippen LogP contribution in [0.15, 0.2) is 0 Å². The van der Waals surface area contributed by atoms with Crippen LogP contribution in [0, 0.1) is 0 Å². The standard InChI is InChI=1S/C6H13N.CH2Cl2/c1-2-4-6-7-5-3-1;2-1-3/h7H,1-6H2;1H2. The summed E-state index contributed by atoms with van der Waals surface area (Å²) in [5, 5.41) is 3.54. The van der Waals surface area contributed by atoms with E-state index in [0.717, 1.165) is 0 Å². The van der Waals surface area contributed by atoms with Crippen molar-refractivity contribution in [2.24, 2.45) is 0 Å². The molecule has 0 aromatic carbocycles. The zero-order chi connectivity index (χ0) is 7.66. The summed E-state index contributed by atoms with van der Waals surface area (Å²) in [7, 11) is 0. The minimum Gasteiger partial charge on any atom is -0.317 e. The second-order valence-electron chi connectivity index (χ2n) is 2.27. The van der Waals surface area contributed by atoms with Gasteiger partial charge in [-0.1, -0.05) is 12.8 Å². The number of hydrogen-bond acceptors (Lipinski definition) is 1. The predicted octanol–water partition coefficient (Wildman–Crippen LogP) is 2.57. The van der Waals surface area contributed by atoms with Gasteiger partial charge in [0.05, 0.1) is 5.34 Å². The minimum atomic E-state index is 0.194. The van der Waals surface area contributed by atoms with Crippen LogP contribution in [0.4, 0.5) is 0 Å². The third-order valence-corrected chi connectivity index (χ3v) is 1.46. The molecule has 0 aliphatic carbocycles. The largest absolute Gasteiger partial charge is 0.317 e. The van der Waals surface area contributed by atoms with Gasteiger partial charge in [-0.05, 0) is 25.9 Å². The lowest BCUT2D eigenvalue weighted by Crippen LogP contribution is -2.12. The predicted molar refractivity (Wildman–Crippen MR) is 47.9 cm³/mol. The second-order valence-corrected chi connectivity index (χ2v) is 3.07. The van der Waals surface area contributed by atoms with E-state index in [-0.39, 0.29) is 5.34 Å². The molecule has 1 saturated heterocycles. The fourth-order valence-corrected chi connectivity index (χ4v) is 0.979. The van der Waals surface area contributed by atoms with Crippen molar-refractivity contribution in [1.29, 1.82) is 0 Å². The molecule has 3 heteroatoms. The van der Waals surface area contributed by atoms with Crippen LogP contribution < -0.4 is 5.32 Å². The highest BCUT2D eigenvalue weighted by Gasteiger charge is 1.94. The van der Waals surface area contributed by atoms with Gasteiger partial charge in [0.1, 0.15) is 0 Å². The molecule has 1 rings (SSSR count). The van der Waals surface area contributed by atoms with Crippen molar-refractivity contribution in [1.82, 2.24) is 5.32 Å². The molecule has 0 aromatic heterocycles.